The van der Waals surface area contributed by atoms with Gasteiger partial charge in [0.25, 0.3) is 5.91 Å². The number of fused-ring (bicyclic) bond motifs is 2. The summed E-state index contributed by atoms with van der Waals surface area (Å²) in [6, 6.07) is 18.1. The molecule has 0 saturated heterocycles. The number of amides is 1. The third kappa shape index (κ3) is 3.43. The fraction of sp³-hybridized carbons (Fsp3) is 0.0500. The Morgan fingerprint density at radius 3 is 2.39 bits per heavy atom. The van der Waals surface area contributed by atoms with Crippen LogP contribution < -0.4 is 5.43 Å². The predicted octanol–water partition coefficient (Wildman–Crippen LogP) is 3.25. The van der Waals surface area contributed by atoms with Gasteiger partial charge in [0, 0.05) is 5.56 Å². The van der Waals surface area contributed by atoms with Crippen molar-refractivity contribution < 1.29 is 9.72 Å². The predicted molar refractivity (Wildman–Crippen MR) is 106 cm³/mol. The van der Waals surface area contributed by atoms with Crippen LogP contribution in [0.4, 0.5) is 5.69 Å². The van der Waals surface area contributed by atoms with Crippen LogP contribution in [0.5, 0.6) is 0 Å². The van der Waals surface area contributed by atoms with E-state index < -0.39 is 10.8 Å². The smallest absolute Gasteiger partial charge is 0.271 e. The van der Waals surface area contributed by atoms with Crippen LogP contribution in [-0.4, -0.2) is 26.8 Å². The molecule has 0 saturated carbocycles. The van der Waals surface area contributed by atoms with Gasteiger partial charge in [-0.3, -0.25) is 19.6 Å². The van der Waals surface area contributed by atoms with Crippen LogP contribution in [0, 0.1) is 10.1 Å². The number of nitrogens with zero attached hydrogens (tertiary/aromatic N) is 4. The lowest BCUT2D eigenvalue weighted by atomic mass is 9.97. The number of hydrazone groups is 1. The summed E-state index contributed by atoms with van der Waals surface area (Å²) in [4.78, 5) is 22.2. The zero-order chi connectivity index (χ0) is 19.5. The molecule has 4 aromatic rings. The van der Waals surface area contributed by atoms with Gasteiger partial charge in [0.1, 0.15) is 18.9 Å². The molecule has 3 aromatic carbocycles. The second kappa shape index (κ2) is 7.28. The van der Waals surface area contributed by atoms with Crippen molar-refractivity contribution in [3.63, 3.8) is 0 Å². The van der Waals surface area contributed by atoms with Gasteiger partial charge in [0.05, 0.1) is 11.1 Å². The summed E-state index contributed by atoms with van der Waals surface area (Å²) >= 11 is 0. The van der Waals surface area contributed by atoms with Gasteiger partial charge in [-0.15, -0.1) is 0 Å². The van der Waals surface area contributed by atoms with Gasteiger partial charge in [0.2, 0.25) is 0 Å². The standard InChI is InChI=1S/C20H15N5O3/c26-20(13-24-12-16(10-22-24)25(27)28)23-21-11-19-17-7-3-1-5-14(17)9-15-6-2-4-8-18(15)19/h1-12H,13H2,(H,23,26)/b21-11+. The number of carbonyl (C=O) groups excluding carboxylic acids is 1. The zero-order valence-corrected chi connectivity index (χ0v) is 14.6. The highest BCUT2D eigenvalue weighted by Gasteiger charge is 2.11. The quantitative estimate of drug-likeness (QED) is 0.251. The molecule has 0 radical (unpaired) electrons. The molecule has 0 fully saturated rings. The Kier molecular flexibility index (Phi) is 4.51. The molecule has 138 valence electrons. The van der Waals surface area contributed by atoms with E-state index in [0.29, 0.717) is 0 Å². The van der Waals surface area contributed by atoms with Crippen LogP contribution in [0.25, 0.3) is 21.5 Å². The molecule has 1 aromatic heterocycles. The molecule has 0 unspecified atom stereocenters. The van der Waals surface area contributed by atoms with Crippen molar-refractivity contribution in [2.75, 3.05) is 0 Å². The molecular weight excluding hydrogens is 358 g/mol. The summed E-state index contributed by atoms with van der Waals surface area (Å²) in [6.45, 7) is -0.165. The van der Waals surface area contributed by atoms with E-state index >= 15 is 0 Å². The first-order valence-electron chi connectivity index (χ1n) is 8.51. The van der Waals surface area contributed by atoms with E-state index in [4.69, 9.17) is 0 Å². The number of aromatic nitrogens is 2. The molecule has 0 spiro atoms. The van der Waals surface area contributed by atoms with E-state index in [-0.39, 0.29) is 12.2 Å². The zero-order valence-electron chi connectivity index (χ0n) is 14.6. The minimum Gasteiger partial charge on any atom is -0.271 e. The van der Waals surface area contributed by atoms with Crippen molar-refractivity contribution in [2.45, 2.75) is 6.54 Å². The van der Waals surface area contributed by atoms with Crippen LogP contribution in [0.1, 0.15) is 5.56 Å². The Hall–Kier alpha value is -4.07. The maximum Gasteiger partial charge on any atom is 0.307 e. The Bertz CT molecular complexity index is 1170. The molecular formula is C20H15N5O3. The average Bonchev–Trinajstić information content (AvgIpc) is 3.16. The lowest BCUT2D eigenvalue weighted by molar-refractivity contribution is -0.385. The maximum atomic E-state index is 12.1. The Labute approximate surface area is 159 Å². The first kappa shape index (κ1) is 17.3. The molecule has 8 nitrogen and oxygen atoms in total. The van der Waals surface area contributed by atoms with Crippen molar-refractivity contribution in [2.24, 2.45) is 5.10 Å². The number of rotatable bonds is 5. The monoisotopic (exact) mass is 373 g/mol. The summed E-state index contributed by atoms with van der Waals surface area (Å²) in [5.41, 5.74) is 3.19. The van der Waals surface area contributed by atoms with Gasteiger partial charge in [-0.25, -0.2) is 5.43 Å². The van der Waals surface area contributed by atoms with E-state index in [1.54, 1.807) is 6.21 Å². The number of nitrogens with one attached hydrogen (secondary N) is 1. The lowest BCUT2D eigenvalue weighted by Gasteiger charge is -2.08. The second-order valence-electron chi connectivity index (χ2n) is 6.18. The number of carbonyl (C=O) groups is 1. The minimum atomic E-state index is -0.564. The Morgan fingerprint density at radius 1 is 1.14 bits per heavy atom. The Balaban J connectivity index is 1.57. The van der Waals surface area contributed by atoms with Crippen molar-refractivity contribution in [1.29, 1.82) is 0 Å². The number of benzene rings is 3. The average molecular weight is 373 g/mol. The third-order valence-corrected chi connectivity index (χ3v) is 4.33. The van der Waals surface area contributed by atoms with Crippen molar-refractivity contribution in [1.82, 2.24) is 15.2 Å². The van der Waals surface area contributed by atoms with Gasteiger partial charge < -0.3 is 0 Å². The highest BCUT2D eigenvalue weighted by atomic mass is 16.6. The van der Waals surface area contributed by atoms with Gasteiger partial charge in [-0.05, 0) is 27.6 Å². The lowest BCUT2D eigenvalue weighted by Crippen LogP contribution is -2.23. The first-order chi connectivity index (χ1) is 13.6. The normalized spacial score (nSPS) is 11.3. The fourth-order valence-corrected chi connectivity index (χ4v) is 3.07. The molecule has 1 N–H and O–H groups in total. The highest BCUT2D eigenvalue weighted by Crippen LogP contribution is 2.27. The summed E-state index contributed by atoms with van der Waals surface area (Å²) in [5.74, 6) is -0.432. The topological polar surface area (TPSA) is 102 Å². The van der Waals surface area contributed by atoms with Crippen LogP contribution in [0.2, 0.25) is 0 Å². The fourth-order valence-electron chi connectivity index (χ4n) is 3.07. The number of hydrogen-bond acceptors (Lipinski definition) is 5. The molecule has 28 heavy (non-hydrogen) atoms. The van der Waals surface area contributed by atoms with Crippen molar-refractivity contribution >= 4 is 39.4 Å². The summed E-state index contributed by atoms with van der Waals surface area (Å²) in [7, 11) is 0. The second-order valence-corrected chi connectivity index (χ2v) is 6.18. The summed E-state index contributed by atoms with van der Waals surface area (Å²) < 4.78 is 1.19. The van der Waals surface area contributed by atoms with Crippen LogP contribution >= 0.6 is 0 Å². The van der Waals surface area contributed by atoms with Gasteiger partial charge in [0.15, 0.2) is 0 Å². The van der Waals surface area contributed by atoms with E-state index in [1.807, 2.05) is 48.5 Å². The molecule has 0 bridgehead atoms. The van der Waals surface area contributed by atoms with E-state index in [9.17, 15) is 14.9 Å². The molecule has 0 aliphatic carbocycles. The number of hydrogen-bond donors (Lipinski definition) is 1. The van der Waals surface area contributed by atoms with E-state index in [1.165, 1.54) is 10.9 Å². The Morgan fingerprint density at radius 2 is 1.79 bits per heavy atom. The van der Waals surface area contributed by atoms with E-state index in [2.05, 4.69) is 21.7 Å². The van der Waals surface area contributed by atoms with Gasteiger partial charge >= 0.3 is 5.69 Å². The van der Waals surface area contributed by atoms with E-state index in [0.717, 1.165) is 33.3 Å². The SMILES string of the molecule is O=C(Cn1cc([N+](=O)[O-])cn1)N/N=C/c1c2ccccc2cc2ccccc12. The van der Waals surface area contributed by atoms with Crippen LogP contribution in [0.15, 0.2) is 72.1 Å². The van der Waals surface area contributed by atoms with Crippen molar-refractivity contribution in [3.05, 3.63) is 82.7 Å². The molecule has 0 aliphatic rings. The third-order valence-electron chi connectivity index (χ3n) is 4.33. The first-order valence-corrected chi connectivity index (χ1v) is 8.51. The summed E-state index contributed by atoms with van der Waals surface area (Å²) in [5, 5.41) is 22.8. The largest absolute Gasteiger partial charge is 0.307 e. The van der Waals surface area contributed by atoms with Crippen LogP contribution in [0.3, 0.4) is 0 Å². The van der Waals surface area contributed by atoms with Crippen molar-refractivity contribution in [3.8, 4) is 0 Å². The van der Waals surface area contributed by atoms with Crippen LogP contribution in [-0.2, 0) is 11.3 Å². The minimum absolute atomic E-state index is 0.165. The molecule has 0 atom stereocenters. The maximum absolute atomic E-state index is 12.1. The highest BCUT2D eigenvalue weighted by molar-refractivity contribution is 6.13. The molecule has 1 heterocycles. The molecule has 0 aliphatic heterocycles. The number of nitro groups is 1. The molecule has 8 heteroatoms. The molecule has 1 amide bonds. The molecule has 4 rings (SSSR count). The van der Waals surface area contributed by atoms with Gasteiger partial charge in [-0.1, -0.05) is 48.5 Å². The summed E-state index contributed by atoms with van der Waals surface area (Å²) in [6.07, 6.45) is 3.91. The van der Waals surface area contributed by atoms with Gasteiger partial charge in [-0.2, -0.15) is 10.2 Å².